The number of rotatable bonds is 4. The zero-order valence-corrected chi connectivity index (χ0v) is 9.96. The van der Waals surface area contributed by atoms with Gasteiger partial charge in [-0.05, 0) is 31.2 Å². The number of carbonyl (C=O) groups excluding carboxylic acids is 1. The fraction of sp³-hybridized carbons (Fsp3) is 0.300. The van der Waals surface area contributed by atoms with Gasteiger partial charge in [-0.3, -0.25) is 4.79 Å². The van der Waals surface area contributed by atoms with Crippen molar-refractivity contribution < 1.29 is 4.79 Å². The minimum atomic E-state index is -0.0340. The third-order valence-electron chi connectivity index (χ3n) is 2.21. The summed E-state index contributed by atoms with van der Waals surface area (Å²) in [6.45, 7) is 0.524. The summed E-state index contributed by atoms with van der Waals surface area (Å²) in [6.07, 6.45) is 1.13. The molecule has 17 heavy (non-hydrogen) atoms. The third-order valence-corrected chi connectivity index (χ3v) is 2.21. The quantitative estimate of drug-likeness (QED) is 0.761. The lowest BCUT2D eigenvalue weighted by atomic mass is 10.2. The van der Waals surface area contributed by atoms with Crippen LogP contribution in [0.2, 0.25) is 0 Å². The molecule has 0 aliphatic heterocycles. The zero-order valence-electron chi connectivity index (χ0n) is 9.14. The van der Waals surface area contributed by atoms with Crippen molar-refractivity contribution in [3.63, 3.8) is 0 Å². The monoisotopic (exact) mass is 255 g/mol. The van der Waals surface area contributed by atoms with Crippen molar-refractivity contribution in [3.8, 4) is 0 Å². The van der Waals surface area contributed by atoms with E-state index in [1.807, 2.05) is 0 Å². The van der Waals surface area contributed by atoms with Crippen LogP contribution in [0.5, 0.6) is 0 Å². The number of nitrogens with two attached hydrogens (primary N) is 1. The Balaban J connectivity index is 0.00000144. The third kappa shape index (κ3) is 3.40. The van der Waals surface area contributed by atoms with E-state index in [0.29, 0.717) is 19.4 Å². The number of nitrogens with zero attached hydrogens (tertiary/aromatic N) is 2. The van der Waals surface area contributed by atoms with Gasteiger partial charge in [-0.1, -0.05) is 0 Å². The van der Waals surface area contributed by atoms with Gasteiger partial charge in [-0.2, -0.15) is 15.4 Å². The first-order valence-electron chi connectivity index (χ1n) is 5.10. The van der Waals surface area contributed by atoms with Crippen LogP contribution in [0.1, 0.15) is 12.8 Å². The van der Waals surface area contributed by atoms with E-state index < -0.39 is 0 Å². The summed E-state index contributed by atoms with van der Waals surface area (Å²) in [4.78, 5) is 11.4. The predicted octanol–water partition coefficient (Wildman–Crippen LogP) is 1.06. The van der Waals surface area contributed by atoms with Crippen molar-refractivity contribution in [1.82, 2.24) is 15.4 Å². The van der Waals surface area contributed by atoms with Gasteiger partial charge in [0.25, 0.3) is 0 Å². The maximum absolute atomic E-state index is 11.4. The fourth-order valence-corrected chi connectivity index (χ4v) is 1.40. The lowest BCUT2D eigenvalue weighted by Gasteiger charge is -2.03. The van der Waals surface area contributed by atoms with Gasteiger partial charge >= 0.3 is 0 Å². The molecule has 2 rings (SSSR count). The number of nitrogens with one attached hydrogen (secondary N) is 2. The molecule has 0 unspecified atom stereocenters. The Kier molecular flexibility index (Phi) is 4.86. The van der Waals surface area contributed by atoms with Crippen LogP contribution in [0.25, 0.3) is 11.0 Å². The molecule has 4 N–H and O–H groups in total. The summed E-state index contributed by atoms with van der Waals surface area (Å²) in [7, 11) is 0. The maximum atomic E-state index is 11.4. The summed E-state index contributed by atoms with van der Waals surface area (Å²) >= 11 is 0. The van der Waals surface area contributed by atoms with Crippen LogP contribution in [0.4, 0.5) is 5.69 Å². The van der Waals surface area contributed by atoms with E-state index in [1.165, 1.54) is 0 Å². The summed E-state index contributed by atoms with van der Waals surface area (Å²) in [5, 5.41) is 13.2. The van der Waals surface area contributed by atoms with Gasteiger partial charge in [-0.25, -0.2) is 0 Å². The van der Waals surface area contributed by atoms with Crippen LogP contribution in [0, 0.1) is 0 Å². The minimum Gasteiger partial charge on any atom is -0.330 e. The van der Waals surface area contributed by atoms with E-state index in [4.69, 9.17) is 5.73 Å². The molecule has 7 heteroatoms. The van der Waals surface area contributed by atoms with Crippen LogP contribution >= 0.6 is 12.4 Å². The highest BCUT2D eigenvalue weighted by Crippen LogP contribution is 2.14. The van der Waals surface area contributed by atoms with Crippen molar-refractivity contribution in [2.75, 3.05) is 11.9 Å². The SMILES string of the molecule is Cl.NCCCC(=O)Nc1ccc2n[nH]nc2c1. The van der Waals surface area contributed by atoms with Gasteiger partial charge in [0.15, 0.2) is 0 Å². The molecule has 0 bridgehead atoms. The van der Waals surface area contributed by atoms with Crippen molar-refractivity contribution in [2.24, 2.45) is 5.73 Å². The molecule has 0 aliphatic carbocycles. The summed E-state index contributed by atoms with van der Waals surface area (Å²) in [5.41, 5.74) is 7.56. The highest BCUT2D eigenvalue weighted by molar-refractivity contribution is 5.92. The highest BCUT2D eigenvalue weighted by atomic mass is 35.5. The first-order valence-corrected chi connectivity index (χ1v) is 5.10. The molecule has 1 aromatic carbocycles. The van der Waals surface area contributed by atoms with Crippen molar-refractivity contribution in [3.05, 3.63) is 18.2 Å². The number of hydrogen-bond acceptors (Lipinski definition) is 4. The summed E-state index contributed by atoms with van der Waals surface area (Å²) in [5.74, 6) is -0.0340. The number of halogens is 1. The second-order valence-corrected chi connectivity index (χ2v) is 3.47. The molecular weight excluding hydrogens is 242 g/mol. The van der Waals surface area contributed by atoms with Gasteiger partial charge in [0.1, 0.15) is 11.0 Å². The first-order chi connectivity index (χ1) is 7.79. The standard InChI is InChI=1S/C10H13N5O.ClH/c11-5-1-2-10(16)12-7-3-4-8-9(6-7)14-15-13-8;/h3-4,6H,1-2,5,11H2,(H,12,16)(H,13,14,15);1H. The summed E-state index contributed by atoms with van der Waals surface area (Å²) < 4.78 is 0. The van der Waals surface area contributed by atoms with Crippen LogP contribution in [0.3, 0.4) is 0 Å². The zero-order chi connectivity index (χ0) is 11.4. The molecule has 6 nitrogen and oxygen atoms in total. The Hall–Kier alpha value is -1.66. The number of carbonyl (C=O) groups is 1. The molecule has 0 radical (unpaired) electrons. The van der Waals surface area contributed by atoms with E-state index in [1.54, 1.807) is 18.2 Å². The molecule has 0 atom stereocenters. The molecule has 0 spiro atoms. The van der Waals surface area contributed by atoms with Crippen LogP contribution in [-0.2, 0) is 4.79 Å². The van der Waals surface area contributed by atoms with E-state index in [2.05, 4.69) is 20.7 Å². The number of aromatic amines is 1. The van der Waals surface area contributed by atoms with E-state index in [-0.39, 0.29) is 18.3 Å². The lowest BCUT2D eigenvalue weighted by Crippen LogP contribution is -2.13. The molecule has 2 aromatic rings. The predicted molar refractivity (Wildman–Crippen MR) is 68.1 cm³/mol. The lowest BCUT2D eigenvalue weighted by molar-refractivity contribution is -0.116. The Morgan fingerprint density at radius 1 is 1.35 bits per heavy atom. The molecule has 1 heterocycles. The molecule has 0 saturated carbocycles. The second-order valence-electron chi connectivity index (χ2n) is 3.47. The molecule has 0 saturated heterocycles. The van der Waals surface area contributed by atoms with Gasteiger partial charge < -0.3 is 11.1 Å². The van der Waals surface area contributed by atoms with Crippen molar-refractivity contribution in [2.45, 2.75) is 12.8 Å². The average molecular weight is 256 g/mol. The Bertz CT molecular complexity index is 498. The fourth-order valence-electron chi connectivity index (χ4n) is 1.40. The minimum absolute atomic E-state index is 0. The number of amides is 1. The van der Waals surface area contributed by atoms with Crippen LogP contribution < -0.4 is 11.1 Å². The van der Waals surface area contributed by atoms with Crippen molar-refractivity contribution >= 4 is 35.0 Å². The summed E-state index contributed by atoms with van der Waals surface area (Å²) in [6, 6.07) is 5.38. The normalized spacial score (nSPS) is 9.94. The number of aromatic nitrogens is 3. The molecule has 0 aliphatic rings. The number of benzene rings is 1. The van der Waals surface area contributed by atoms with Gasteiger partial charge in [-0.15, -0.1) is 12.4 Å². The van der Waals surface area contributed by atoms with Gasteiger partial charge in [0.05, 0.1) is 0 Å². The smallest absolute Gasteiger partial charge is 0.224 e. The molecule has 1 aromatic heterocycles. The van der Waals surface area contributed by atoms with Crippen LogP contribution in [0.15, 0.2) is 18.2 Å². The molecular formula is C10H14ClN5O. The second kappa shape index (κ2) is 6.17. The average Bonchev–Trinajstić information content (AvgIpc) is 2.73. The largest absolute Gasteiger partial charge is 0.330 e. The first kappa shape index (κ1) is 13.4. The molecule has 1 amide bonds. The Morgan fingerprint density at radius 3 is 2.88 bits per heavy atom. The highest BCUT2D eigenvalue weighted by Gasteiger charge is 2.03. The van der Waals surface area contributed by atoms with E-state index >= 15 is 0 Å². The van der Waals surface area contributed by atoms with E-state index in [9.17, 15) is 4.79 Å². The molecule has 0 fully saturated rings. The van der Waals surface area contributed by atoms with Crippen molar-refractivity contribution in [1.29, 1.82) is 0 Å². The Labute approximate surface area is 104 Å². The van der Waals surface area contributed by atoms with Crippen LogP contribution in [-0.4, -0.2) is 27.9 Å². The van der Waals surface area contributed by atoms with Gasteiger partial charge in [0, 0.05) is 12.1 Å². The Morgan fingerprint density at radius 2 is 2.12 bits per heavy atom. The number of fused-ring (bicyclic) bond motifs is 1. The molecule has 92 valence electrons. The van der Waals surface area contributed by atoms with Gasteiger partial charge in [0.2, 0.25) is 5.91 Å². The number of hydrogen-bond donors (Lipinski definition) is 3. The number of anilines is 1. The number of H-pyrrole nitrogens is 1. The van der Waals surface area contributed by atoms with E-state index in [0.717, 1.165) is 16.7 Å². The maximum Gasteiger partial charge on any atom is 0.224 e. The topological polar surface area (TPSA) is 96.7 Å².